The molecule has 16 heavy (non-hydrogen) atoms. The number of hydrogen-bond acceptors (Lipinski definition) is 1. The van der Waals surface area contributed by atoms with Gasteiger partial charge in [0.2, 0.25) is 0 Å². The molecule has 2 heteroatoms. The van der Waals surface area contributed by atoms with Gasteiger partial charge in [0, 0.05) is 6.42 Å². The molecule has 0 saturated heterocycles. The predicted octanol–water partition coefficient (Wildman–Crippen LogP) is 4.24. The number of aldehydes is 1. The van der Waals surface area contributed by atoms with E-state index in [9.17, 15) is 4.79 Å². The molecule has 0 aliphatic carbocycles. The number of unbranched alkanes of at least 4 members (excludes halogenated alkanes) is 11. The van der Waals surface area contributed by atoms with Crippen molar-refractivity contribution in [3.63, 3.8) is 0 Å². The van der Waals surface area contributed by atoms with Crippen LogP contribution in [0.5, 0.6) is 0 Å². The Morgan fingerprint density at radius 3 is 1.44 bits per heavy atom. The third-order valence-corrected chi connectivity index (χ3v) is 2.93. The zero-order valence-electron chi connectivity index (χ0n) is 10.5. The molecule has 0 atom stereocenters. The van der Waals surface area contributed by atoms with E-state index in [0.717, 1.165) is 19.1 Å². The molecule has 0 heterocycles. The first-order chi connectivity index (χ1) is 7.41. The van der Waals surface area contributed by atoms with Gasteiger partial charge in [-0.05, 0) is 6.42 Å². The second-order valence-corrected chi connectivity index (χ2v) is 4.49. The van der Waals surface area contributed by atoms with E-state index < -0.39 is 0 Å². The molecule has 0 radical (unpaired) electrons. The van der Waals surface area contributed by atoms with Crippen molar-refractivity contribution in [1.82, 2.24) is 0 Å². The van der Waals surface area contributed by atoms with Crippen LogP contribution in [-0.2, 0) is 4.79 Å². The Hall–Kier alpha value is 0.267. The van der Waals surface area contributed by atoms with Crippen LogP contribution >= 0.6 is 0 Å². The standard InChI is InChI=1S/C14H28O.Li.H/c1-2-3-4-5-6-7-8-9-10-11-12-13-14-15;;/h14H,2-13H2,1H3;;. The van der Waals surface area contributed by atoms with Crippen molar-refractivity contribution in [2.24, 2.45) is 0 Å². The van der Waals surface area contributed by atoms with E-state index in [2.05, 4.69) is 6.92 Å². The first kappa shape index (κ1) is 18.6. The monoisotopic (exact) mass is 220 g/mol. The fourth-order valence-electron chi connectivity index (χ4n) is 1.89. The van der Waals surface area contributed by atoms with E-state index >= 15 is 0 Å². The van der Waals surface area contributed by atoms with Crippen LogP contribution in [0, 0.1) is 0 Å². The minimum atomic E-state index is 0. The number of rotatable bonds is 12. The van der Waals surface area contributed by atoms with Crippen LogP contribution in [-0.4, -0.2) is 25.1 Å². The molecule has 0 unspecified atom stereocenters. The Balaban J connectivity index is 0. The number of carbonyl (C=O) groups is 1. The van der Waals surface area contributed by atoms with Gasteiger partial charge in [0.15, 0.2) is 0 Å². The van der Waals surface area contributed by atoms with Crippen molar-refractivity contribution in [2.45, 2.75) is 84.0 Å². The molecule has 0 aliphatic heterocycles. The van der Waals surface area contributed by atoms with E-state index in [1.54, 1.807) is 0 Å². The van der Waals surface area contributed by atoms with Crippen LogP contribution < -0.4 is 0 Å². The van der Waals surface area contributed by atoms with E-state index in [4.69, 9.17) is 0 Å². The summed E-state index contributed by atoms with van der Waals surface area (Å²) in [5.41, 5.74) is 0. The molecule has 0 bridgehead atoms. The first-order valence-corrected chi connectivity index (χ1v) is 6.85. The summed E-state index contributed by atoms with van der Waals surface area (Å²) in [6, 6.07) is 0. The summed E-state index contributed by atoms with van der Waals surface area (Å²) in [4.78, 5) is 10.1. The van der Waals surface area contributed by atoms with Crippen LogP contribution in [0.15, 0.2) is 0 Å². The van der Waals surface area contributed by atoms with Crippen molar-refractivity contribution in [3.8, 4) is 0 Å². The zero-order chi connectivity index (χ0) is 11.2. The summed E-state index contributed by atoms with van der Waals surface area (Å²) in [7, 11) is 0. The molecule has 0 amide bonds. The molecule has 0 fully saturated rings. The van der Waals surface area contributed by atoms with Crippen molar-refractivity contribution >= 4 is 25.1 Å². The minimum absolute atomic E-state index is 0. The summed E-state index contributed by atoms with van der Waals surface area (Å²) in [5.74, 6) is 0. The van der Waals surface area contributed by atoms with Gasteiger partial charge < -0.3 is 4.79 Å². The molecule has 1 nitrogen and oxygen atoms in total. The number of hydrogen-bond donors (Lipinski definition) is 0. The van der Waals surface area contributed by atoms with Crippen molar-refractivity contribution in [2.75, 3.05) is 0 Å². The van der Waals surface area contributed by atoms with Gasteiger partial charge in [-0.1, -0.05) is 71.1 Å². The van der Waals surface area contributed by atoms with Gasteiger partial charge in [0.25, 0.3) is 0 Å². The second-order valence-electron chi connectivity index (χ2n) is 4.49. The third kappa shape index (κ3) is 16.7. The summed E-state index contributed by atoms with van der Waals surface area (Å²) in [6.45, 7) is 2.26. The number of carbonyl (C=O) groups excluding carboxylic acids is 1. The fourth-order valence-corrected chi connectivity index (χ4v) is 1.89. The maximum atomic E-state index is 10.1. The van der Waals surface area contributed by atoms with Crippen LogP contribution in [0.25, 0.3) is 0 Å². The SMILES string of the molecule is CCCCCCCCCCCCCC=O.[LiH]. The van der Waals surface area contributed by atoms with Gasteiger partial charge in [0.1, 0.15) is 6.29 Å². The van der Waals surface area contributed by atoms with E-state index in [1.807, 2.05) is 0 Å². The molecule has 92 valence electrons. The van der Waals surface area contributed by atoms with Crippen molar-refractivity contribution < 1.29 is 4.79 Å². The molecule has 0 N–H and O–H groups in total. The van der Waals surface area contributed by atoms with Crippen LogP contribution in [0.4, 0.5) is 0 Å². The van der Waals surface area contributed by atoms with Crippen LogP contribution in [0.3, 0.4) is 0 Å². The average molecular weight is 220 g/mol. The topological polar surface area (TPSA) is 17.1 Å². The van der Waals surface area contributed by atoms with Crippen molar-refractivity contribution in [3.05, 3.63) is 0 Å². The van der Waals surface area contributed by atoms with Gasteiger partial charge >= 0.3 is 18.9 Å². The van der Waals surface area contributed by atoms with Gasteiger partial charge in [-0.2, -0.15) is 0 Å². The summed E-state index contributed by atoms with van der Waals surface area (Å²) in [5, 5.41) is 0. The molecular formula is C14H29LiO. The van der Waals surface area contributed by atoms with Gasteiger partial charge in [0.05, 0.1) is 0 Å². The molecule has 0 aromatic heterocycles. The zero-order valence-corrected chi connectivity index (χ0v) is 10.5. The summed E-state index contributed by atoms with van der Waals surface area (Å²) in [6.07, 6.45) is 16.7. The third-order valence-electron chi connectivity index (χ3n) is 2.93. The Morgan fingerprint density at radius 1 is 0.688 bits per heavy atom. The van der Waals surface area contributed by atoms with E-state index in [0.29, 0.717) is 0 Å². The van der Waals surface area contributed by atoms with Gasteiger partial charge in [-0.25, -0.2) is 0 Å². The Morgan fingerprint density at radius 2 is 1.06 bits per heavy atom. The molecule has 0 spiro atoms. The molecule has 0 aliphatic rings. The van der Waals surface area contributed by atoms with E-state index in [1.165, 1.54) is 64.2 Å². The average Bonchev–Trinajstić information content (AvgIpc) is 2.26. The molecular weight excluding hydrogens is 191 g/mol. The summed E-state index contributed by atoms with van der Waals surface area (Å²) >= 11 is 0. The Kier molecular flexibility index (Phi) is 20.6. The van der Waals surface area contributed by atoms with Gasteiger partial charge in [-0.15, -0.1) is 0 Å². The Bertz CT molecular complexity index is 126. The maximum absolute atomic E-state index is 10.1. The summed E-state index contributed by atoms with van der Waals surface area (Å²) < 4.78 is 0. The molecule has 0 aromatic rings. The van der Waals surface area contributed by atoms with Crippen LogP contribution in [0.2, 0.25) is 0 Å². The quantitative estimate of drug-likeness (QED) is 0.273. The normalized spacial score (nSPS) is 9.81. The molecule has 0 aromatic carbocycles. The Labute approximate surface area is 114 Å². The first-order valence-electron chi connectivity index (χ1n) is 6.85. The predicted molar refractivity (Wildman–Crippen MR) is 74.3 cm³/mol. The fraction of sp³-hybridized carbons (Fsp3) is 0.929. The van der Waals surface area contributed by atoms with Gasteiger partial charge in [-0.3, -0.25) is 0 Å². The molecule has 0 saturated carbocycles. The van der Waals surface area contributed by atoms with Crippen molar-refractivity contribution in [1.29, 1.82) is 0 Å². The molecule has 0 rings (SSSR count). The van der Waals surface area contributed by atoms with E-state index in [-0.39, 0.29) is 18.9 Å². The second kappa shape index (κ2) is 17.7. The van der Waals surface area contributed by atoms with Crippen LogP contribution in [0.1, 0.15) is 84.0 Å².